The highest BCUT2D eigenvalue weighted by atomic mass is 16.3. The summed E-state index contributed by atoms with van der Waals surface area (Å²) in [5.41, 5.74) is 2.24. The summed E-state index contributed by atoms with van der Waals surface area (Å²) in [7, 11) is 0. The second-order valence-corrected chi connectivity index (χ2v) is 4.32. The third kappa shape index (κ3) is 1.48. The lowest BCUT2D eigenvalue weighted by molar-refractivity contribution is 0.458. The number of hydrogen-bond donors (Lipinski definition) is 2. The molecule has 1 heterocycles. The van der Waals surface area contributed by atoms with Crippen molar-refractivity contribution in [3.05, 3.63) is 23.8 Å². The van der Waals surface area contributed by atoms with Crippen LogP contribution in [0.3, 0.4) is 0 Å². The Morgan fingerprint density at radius 2 is 2.15 bits per heavy atom. The lowest BCUT2D eigenvalue weighted by Gasteiger charge is -2.34. The van der Waals surface area contributed by atoms with Crippen LogP contribution < -0.4 is 5.32 Å². The Morgan fingerprint density at radius 3 is 2.92 bits per heavy atom. The molecular formula is C11H15NO. The quantitative estimate of drug-likeness (QED) is 0.597. The van der Waals surface area contributed by atoms with E-state index in [0.29, 0.717) is 5.75 Å². The van der Waals surface area contributed by atoms with E-state index in [0.717, 1.165) is 18.5 Å². The number of phenols is 1. The maximum atomic E-state index is 9.63. The summed E-state index contributed by atoms with van der Waals surface area (Å²) < 4.78 is 0. The highest BCUT2D eigenvalue weighted by molar-refractivity contribution is 5.64. The molecule has 1 aromatic rings. The summed E-state index contributed by atoms with van der Waals surface area (Å²) in [6.45, 7) is 4.31. The number of nitrogens with one attached hydrogen (secondary N) is 1. The van der Waals surface area contributed by atoms with Crippen LogP contribution in [0.5, 0.6) is 5.75 Å². The largest absolute Gasteiger partial charge is 0.506 e. The molecule has 0 saturated carbocycles. The second-order valence-electron chi connectivity index (χ2n) is 4.32. The van der Waals surface area contributed by atoms with E-state index in [9.17, 15) is 5.11 Å². The van der Waals surface area contributed by atoms with Gasteiger partial charge in [0.1, 0.15) is 5.75 Å². The van der Waals surface area contributed by atoms with Crippen molar-refractivity contribution in [3.63, 3.8) is 0 Å². The second kappa shape index (κ2) is 2.66. The van der Waals surface area contributed by atoms with Gasteiger partial charge in [0.05, 0.1) is 5.69 Å². The van der Waals surface area contributed by atoms with E-state index < -0.39 is 0 Å². The lowest BCUT2D eigenvalue weighted by Crippen LogP contribution is -2.35. The Balaban J connectivity index is 2.44. The van der Waals surface area contributed by atoms with Gasteiger partial charge in [-0.3, -0.25) is 0 Å². The highest BCUT2D eigenvalue weighted by Gasteiger charge is 2.25. The first-order valence-corrected chi connectivity index (χ1v) is 4.67. The van der Waals surface area contributed by atoms with Crippen molar-refractivity contribution in [1.29, 1.82) is 0 Å². The molecule has 0 saturated heterocycles. The van der Waals surface area contributed by atoms with E-state index in [1.54, 1.807) is 6.07 Å². The van der Waals surface area contributed by atoms with Crippen molar-refractivity contribution in [3.8, 4) is 5.75 Å². The maximum absolute atomic E-state index is 9.63. The first-order chi connectivity index (χ1) is 6.08. The molecular weight excluding hydrogens is 162 g/mol. The molecule has 2 N–H and O–H groups in total. The fraction of sp³-hybridized carbons (Fsp3) is 0.455. The minimum atomic E-state index is 0.103. The predicted octanol–water partition coefficient (Wildman–Crippen LogP) is 2.53. The Bertz CT molecular complexity index is 331. The summed E-state index contributed by atoms with van der Waals surface area (Å²) >= 11 is 0. The number of rotatable bonds is 0. The molecule has 0 unspecified atom stereocenters. The average Bonchev–Trinajstić information content (AvgIpc) is 2.06. The molecule has 1 aromatic carbocycles. The molecule has 1 aliphatic rings. The van der Waals surface area contributed by atoms with E-state index in [-0.39, 0.29) is 5.54 Å². The standard InChI is InChI=1S/C11H15NO/c1-11(2)7-6-8-4-3-5-9(13)10(8)12-11/h3-5,12-13H,6-7H2,1-2H3. The number of phenolic OH excluding ortho intramolecular Hbond substituents is 1. The first-order valence-electron chi connectivity index (χ1n) is 4.67. The van der Waals surface area contributed by atoms with E-state index in [4.69, 9.17) is 0 Å². The van der Waals surface area contributed by atoms with Gasteiger partial charge in [0.25, 0.3) is 0 Å². The molecule has 1 aliphatic heterocycles. The van der Waals surface area contributed by atoms with Crippen molar-refractivity contribution in [1.82, 2.24) is 0 Å². The monoisotopic (exact) mass is 177 g/mol. The molecule has 70 valence electrons. The fourth-order valence-electron chi connectivity index (χ4n) is 1.79. The van der Waals surface area contributed by atoms with E-state index in [2.05, 4.69) is 25.2 Å². The van der Waals surface area contributed by atoms with Crippen LogP contribution in [0.4, 0.5) is 5.69 Å². The fourth-order valence-corrected chi connectivity index (χ4v) is 1.79. The molecule has 0 aliphatic carbocycles. The number of para-hydroxylation sites is 1. The van der Waals surface area contributed by atoms with Crippen molar-refractivity contribution in [2.24, 2.45) is 0 Å². The van der Waals surface area contributed by atoms with Gasteiger partial charge in [0.15, 0.2) is 0 Å². The third-order valence-corrected chi connectivity index (χ3v) is 2.61. The van der Waals surface area contributed by atoms with Gasteiger partial charge in [-0.2, -0.15) is 0 Å². The van der Waals surface area contributed by atoms with E-state index >= 15 is 0 Å². The Kier molecular flexibility index (Phi) is 1.72. The number of hydrogen-bond acceptors (Lipinski definition) is 2. The molecule has 0 aromatic heterocycles. The zero-order chi connectivity index (χ0) is 9.47. The summed E-state index contributed by atoms with van der Waals surface area (Å²) in [6, 6.07) is 5.69. The van der Waals surface area contributed by atoms with Crippen LogP contribution in [0.15, 0.2) is 18.2 Å². The summed E-state index contributed by atoms with van der Waals surface area (Å²) in [5, 5.41) is 13.0. The molecule has 2 heteroatoms. The van der Waals surface area contributed by atoms with Gasteiger partial charge < -0.3 is 10.4 Å². The molecule has 0 bridgehead atoms. The van der Waals surface area contributed by atoms with Crippen molar-refractivity contribution in [2.75, 3.05) is 5.32 Å². The van der Waals surface area contributed by atoms with Crippen LogP contribution in [0, 0.1) is 0 Å². The van der Waals surface area contributed by atoms with Gasteiger partial charge in [0, 0.05) is 5.54 Å². The van der Waals surface area contributed by atoms with Crippen LogP contribution in [0.2, 0.25) is 0 Å². The Hall–Kier alpha value is -1.18. The van der Waals surface area contributed by atoms with Crippen LogP contribution in [0.25, 0.3) is 0 Å². The van der Waals surface area contributed by atoms with Crippen LogP contribution in [-0.4, -0.2) is 10.6 Å². The van der Waals surface area contributed by atoms with Gasteiger partial charge in [-0.1, -0.05) is 12.1 Å². The molecule has 0 atom stereocenters. The molecule has 0 spiro atoms. The Morgan fingerprint density at radius 1 is 1.38 bits per heavy atom. The molecule has 13 heavy (non-hydrogen) atoms. The minimum Gasteiger partial charge on any atom is -0.506 e. The van der Waals surface area contributed by atoms with Crippen molar-refractivity contribution < 1.29 is 5.11 Å². The van der Waals surface area contributed by atoms with E-state index in [1.165, 1.54) is 5.56 Å². The molecule has 2 rings (SSSR count). The molecule has 0 amide bonds. The zero-order valence-corrected chi connectivity index (χ0v) is 8.09. The van der Waals surface area contributed by atoms with Gasteiger partial charge in [-0.05, 0) is 38.3 Å². The summed E-state index contributed by atoms with van der Waals surface area (Å²) in [4.78, 5) is 0. The third-order valence-electron chi connectivity index (χ3n) is 2.61. The van der Waals surface area contributed by atoms with Crippen LogP contribution in [0.1, 0.15) is 25.8 Å². The number of fused-ring (bicyclic) bond motifs is 1. The minimum absolute atomic E-state index is 0.103. The SMILES string of the molecule is CC1(C)CCc2cccc(O)c2N1. The van der Waals surface area contributed by atoms with Gasteiger partial charge in [0.2, 0.25) is 0 Å². The average molecular weight is 177 g/mol. The number of aryl methyl sites for hydroxylation is 1. The van der Waals surface area contributed by atoms with Crippen molar-refractivity contribution in [2.45, 2.75) is 32.2 Å². The lowest BCUT2D eigenvalue weighted by atomic mass is 9.89. The number of aromatic hydroxyl groups is 1. The van der Waals surface area contributed by atoms with Crippen molar-refractivity contribution >= 4 is 5.69 Å². The van der Waals surface area contributed by atoms with Crippen LogP contribution in [-0.2, 0) is 6.42 Å². The topological polar surface area (TPSA) is 32.3 Å². The number of benzene rings is 1. The molecule has 0 fully saturated rings. The van der Waals surface area contributed by atoms with Gasteiger partial charge >= 0.3 is 0 Å². The van der Waals surface area contributed by atoms with Crippen LogP contribution >= 0.6 is 0 Å². The Labute approximate surface area is 78.6 Å². The maximum Gasteiger partial charge on any atom is 0.138 e. The molecule has 2 nitrogen and oxygen atoms in total. The van der Waals surface area contributed by atoms with Gasteiger partial charge in [-0.15, -0.1) is 0 Å². The summed E-state index contributed by atoms with van der Waals surface area (Å²) in [5.74, 6) is 0.366. The molecule has 0 radical (unpaired) electrons. The number of anilines is 1. The predicted molar refractivity (Wildman–Crippen MR) is 54.1 cm³/mol. The normalized spacial score (nSPS) is 18.9. The zero-order valence-electron chi connectivity index (χ0n) is 8.09. The summed E-state index contributed by atoms with van der Waals surface area (Å²) in [6.07, 6.45) is 2.16. The smallest absolute Gasteiger partial charge is 0.138 e. The van der Waals surface area contributed by atoms with Gasteiger partial charge in [-0.25, -0.2) is 0 Å². The van der Waals surface area contributed by atoms with E-state index in [1.807, 2.05) is 6.07 Å². The highest BCUT2D eigenvalue weighted by Crippen LogP contribution is 2.36. The first kappa shape index (κ1) is 8.42.